The summed E-state index contributed by atoms with van der Waals surface area (Å²) in [6.45, 7) is 5.96. The van der Waals surface area contributed by atoms with Gasteiger partial charge in [0.2, 0.25) is 0 Å². The van der Waals surface area contributed by atoms with Crippen LogP contribution in [0.1, 0.15) is 19.5 Å². The molecule has 0 aliphatic carbocycles. The fourth-order valence-electron chi connectivity index (χ4n) is 0.341. The lowest BCUT2D eigenvalue weighted by Crippen LogP contribution is -1.91. The van der Waals surface area contributed by atoms with Crippen molar-refractivity contribution in [2.45, 2.75) is 20.8 Å². The molecule has 0 spiro atoms. The van der Waals surface area contributed by atoms with Gasteiger partial charge in [-0.2, -0.15) is 0 Å². The number of rotatable bonds is 0. The van der Waals surface area contributed by atoms with Gasteiger partial charge in [-0.3, -0.25) is 4.68 Å². The maximum Gasteiger partial charge on any atom is 0.0722 e. The second kappa shape index (κ2) is 4.06. The zero-order valence-electron chi connectivity index (χ0n) is 6.42. The van der Waals surface area contributed by atoms with Gasteiger partial charge in [-0.15, -0.1) is 5.10 Å². The summed E-state index contributed by atoms with van der Waals surface area (Å²) in [6, 6.07) is 0. The summed E-state index contributed by atoms with van der Waals surface area (Å²) in [4.78, 5) is 0. The second-order valence-electron chi connectivity index (χ2n) is 1.50. The van der Waals surface area contributed by atoms with Gasteiger partial charge in [-0.05, 0) is 6.92 Å². The first kappa shape index (κ1) is 8.14. The van der Waals surface area contributed by atoms with E-state index in [0.717, 1.165) is 5.69 Å². The van der Waals surface area contributed by atoms with Crippen molar-refractivity contribution in [2.75, 3.05) is 0 Å². The summed E-state index contributed by atoms with van der Waals surface area (Å²) in [5.41, 5.74) is 1.08. The third-order valence-electron chi connectivity index (χ3n) is 0.941. The lowest BCUT2D eigenvalue weighted by atomic mass is 10.6. The van der Waals surface area contributed by atoms with Crippen LogP contribution >= 0.6 is 0 Å². The third kappa shape index (κ3) is 2.26. The molecule has 0 bridgehead atoms. The fraction of sp³-hybridized carbons (Fsp3) is 0.667. The summed E-state index contributed by atoms with van der Waals surface area (Å²) in [5, 5.41) is 7.32. The fourth-order valence-corrected chi connectivity index (χ4v) is 0.341. The molecule has 0 saturated heterocycles. The van der Waals surface area contributed by atoms with Crippen LogP contribution in [0.4, 0.5) is 0 Å². The lowest BCUT2D eigenvalue weighted by molar-refractivity contribution is 0.696. The zero-order valence-corrected chi connectivity index (χ0v) is 6.42. The van der Waals surface area contributed by atoms with Gasteiger partial charge >= 0.3 is 0 Å². The van der Waals surface area contributed by atoms with E-state index in [0.29, 0.717) is 0 Å². The van der Waals surface area contributed by atoms with E-state index in [4.69, 9.17) is 0 Å². The van der Waals surface area contributed by atoms with Crippen LogP contribution in [0.2, 0.25) is 0 Å². The molecule has 3 nitrogen and oxygen atoms in total. The van der Waals surface area contributed by atoms with Crippen molar-refractivity contribution >= 4 is 0 Å². The van der Waals surface area contributed by atoms with Gasteiger partial charge in [0.15, 0.2) is 0 Å². The molecule has 9 heavy (non-hydrogen) atoms. The molecule has 0 aliphatic rings. The van der Waals surface area contributed by atoms with E-state index in [1.807, 2.05) is 27.8 Å². The Morgan fingerprint density at radius 3 is 2.11 bits per heavy atom. The van der Waals surface area contributed by atoms with Crippen molar-refractivity contribution in [3.63, 3.8) is 0 Å². The maximum atomic E-state index is 3.68. The maximum absolute atomic E-state index is 3.68. The van der Waals surface area contributed by atoms with Gasteiger partial charge in [0.25, 0.3) is 0 Å². The van der Waals surface area contributed by atoms with Gasteiger partial charge in [0.1, 0.15) is 0 Å². The average molecular weight is 127 g/mol. The van der Waals surface area contributed by atoms with Crippen LogP contribution in [-0.2, 0) is 7.05 Å². The standard InChI is InChI=1S/C4H7N3.C2H6/c1-4-3-5-6-7(4)2;1-2/h3H,1-2H3;1-2H3. The summed E-state index contributed by atoms with van der Waals surface area (Å²) in [5.74, 6) is 0. The van der Waals surface area contributed by atoms with Crippen LogP contribution in [0.3, 0.4) is 0 Å². The van der Waals surface area contributed by atoms with Crippen molar-refractivity contribution in [1.82, 2.24) is 15.0 Å². The molecule has 0 radical (unpaired) electrons. The Labute approximate surface area is 55.7 Å². The van der Waals surface area contributed by atoms with Crippen LogP contribution in [0.25, 0.3) is 0 Å². The number of hydrogen-bond acceptors (Lipinski definition) is 2. The topological polar surface area (TPSA) is 30.7 Å². The predicted molar refractivity (Wildman–Crippen MR) is 37.1 cm³/mol. The normalized spacial score (nSPS) is 8.00. The minimum atomic E-state index is 1.08. The molecule has 3 heteroatoms. The van der Waals surface area contributed by atoms with E-state index in [1.165, 1.54) is 0 Å². The van der Waals surface area contributed by atoms with Crippen molar-refractivity contribution in [1.29, 1.82) is 0 Å². The first-order chi connectivity index (χ1) is 4.30. The van der Waals surface area contributed by atoms with Crippen LogP contribution in [0.15, 0.2) is 6.20 Å². The molecule has 1 aromatic heterocycles. The Morgan fingerprint density at radius 1 is 1.44 bits per heavy atom. The molecule has 0 atom stereocenters. The lowest BCUT2D eigenvalue weighted by Gasteiger charge is -1.84. The molecule has 1 rings (SSSR count). The average Bonchev–Trinajstić information content (AvgIpc) is 2.23. The van der Waals surface area contributed by atoms with E-state index >= 15 is 0 Å². The molecule has 0 N–H and O–H groups in total. The molecule has 0 unspecified atom stereocenters. The van der Waals surface area contributed by atoms with Gasteiger partial charge in [-0.25, -0.2) is 0 Å². The van der Waals surface area contributed by atoms with Crippen molar-refractivity contribution in [3.8, 4) is 0 Å². The number of nitrogens with zero attached hydrogens (tertiary/aromatic N) is 3. The van der Waals surface area contributed by atoms with Gasteiger partial charge in [-0.1, -0.05) is 19.1 Å². The molecule has 0 amide bonds. The molecule has 0 saturated carbocycles. The molecular formula is C6H13N3. The largest absolute Gasteiger partial charge is 0.253 e. The van der Waals surface area contributed by atoms with E-state index in [1.54, 1.807) is 10.9 Å². The Balaban J connectivity index is 0.000000291. The minimum Gasteiger partial charge on any atom is -0.253 e. The van der Waals surface area contributed by atoms with Crippen molar-refractivity contribution in [3.05, 3.63) is 11.9 Å². The monoisotopic (exact) mass is 127 g/mol. The first-order valence-corrected chi connectivity index (χ1v) is 3.12. The molecule has 1 aromatic rings. The third-order valence-corrected chi connectivity index (χ3v) is 0.941. The highest BCUT2D eigenvalue weighted by Gasteiger charge is 1.85. The molecular weight excluding hydrogens is 114 g/mol. The van der Waals surface area contributed by atoms with Crippen molar-refractivity contribution < 1.29 is 0 Å². The van der Waals surface area contributed by atoms with Crippen LogP contribution in [0.5, 0.6) is 0 Å². The van der Waals surface area contributed by atoms with Crippen LogP contribution in [0, 0.1) is 6.92 Å². The molecule has 0 aliphatic heterocycles. The number of aromatic nitrogens is 3. The van der Waals surface area contributed by atoms with E-state index < -0.39 is 0 Å². The minimum absolute atomic E-state index is 1.08. The SMILES string of the molecule is CC.Cc1cnnn1C. The number of hydrogen-bond donors (Lipinski definition) is 0. The highest BCUT2D eigenvalue weighted by molar-refractivity contribution is 4.86. The summed E-state index contributed by atoms with van der Waals surface area (Å²) >= 11 is 0. The van der Waals surface area contributed by atoms with Gasteiger partial charge in [0, 0.05) is 7.05 Å². The molecule has 1 heterocycles. The van der Waals surface area contributed by atoms with Gasteiger partial charge in [0.05, 0.1) is 11.9 Å². The molecule has 0 fully saturated rings. The van der Waals surface area contributed by atoms with E-state index in [9.17, 15) is 0 Å². The Kier molecular flexibility index (Phi) is 3.67. The van der Waals surface area contributed by atoms with Gasteiger partial charge < -0.3 is 0 Å². The summed E-state index contributed by atoms with van der Waals surface area (Å²) < 4.78 is 1.72. The first-order valence-electron chi connectivity index (χ1n) is 3.12. The molecule has 52 valence electrons. The number of aryl methyl sites for hydroxylation is 2. The summed E-state index contributed by atoms with van der Waals surface area (Å²) in [7, 11) is 1.86. The highest BCUT2D eigenvalue weighted by atomic mass is 15.4. The predicted octanol–water partition coefficient (Wildman–Crippen LogP) is 1.15. The summed E-state index contributed by atoms with van der Waals surface area (Å²) in [6.07, 6.45) is 1.72. The Morgan fingerprint density at radius 2 is 2.00 bits per heavy atom. The second-order valence-corrected chi connectivity index (χ2v) is 1.50. The Hall–Kier alpha value is -0.860. The van der Waals surface area contributed by atoms with E-state index in [2.05, 4.69) is 10.3 Å². The highest BCUT2D eigenvalue weighted by Crippen LogP contribution is 1.84. The Bertz CT molecular complexity index is 141. The molecule has 0 aromatic carbocycles. The van der Waals surface area contributed by atoms with Crippen molar-refractivity contribution in [2.24, 2.45) is 7.05 Å². The smallest absolute Gasteiger partial charge is 0.0722 e. The zero-order chi connectivity index (χ0) is 7.28. The van der Waals surface area contributed by atoms with E-state index in [-0.39, 0.29) is 0 Å². The quantitative estimate of drug-likeness (QED) is 0.523. The van der Waals surface area contributed by atoms with Crippen LogP contribution < -0.4 is 0 Å². The van der Waals surface area contributed by atoms with Crippen LogP contribution in [-0.4, -0.2) is 15.0 Å².